The van der Waals surface area contributed by atoms with Crippen LogP contribution in [-0.4, -0.2) is 63.4 Å². The first kappa shape index (κ1) is 17.4. The van der Waals surface area contributed by atoms with Crippen molar-refractivity contribution in [2.24, 2.45) is 0 Å². The van der Waals surface area contributed by atoms with Gasteiger partial charge in [0.1, 0.15) is 0 Å². The Morgan fingerprint density at radius 3 is 2.50 bits per heavy atom. The van der Waals surface area contributed by atoms with E-state index in [1.165, 1.54) is 5.56 Å². The molecule has 24 heavy (non-hydrogen) atoms. The van der Waals surface area contributed by atoms with E-state index in [1.807, 2.05) is 12.1 Å². The highest BCUT2D eigenvalue weighted by atomic mass is 16.5. The van der Waals surface area contributed by atoms with Crippen molar-refractivity contribution in [2.45, 2.75) is 25.2 Å². The van der Waals surface area contributed by atoms with E-state index >= 15 is 0 Å². The fourth-order valence-corrected chi connectivity index (χ4v) is 3.77. The summed E-state index contributed by atoms with van der Waals surface area (Å²) >= 11 is 0. The van der Waals surface area contributed by atoms with Crippen molar-refractivity contribution in [3.8, 4) is 0 Å². The number of amides is 1. The topological polar surface area (TPSA) is 50.8 Å². The zero-order chi connectivity index (χ0) is 16.8. The zero-order valence-corrected chi connectivity index (χ0v) is 14.6. The van der Waals surface area contributed by atoms with Gasteiger partial charge in [-0.25, -0.2) is 0 Å². The Bertz CT molecular complexity index is 549. The Hall–Kier alpha value is -1.43. The molecule has 132 valence electrons. The van der Waals surface area contributed by atoms with E-state index < -0.39 is 5.41 Å². The normalized spacial score (nSPS) is 21.4. The smallest absolute Gasteiger partial charge is 0.230 e. The van der Waals surface area contributed by atoms with Crippen molar-refractivity contribution >= 4 is 5.91 Å². The fourth-order valence-electron chi connectivity index (χ4n) is 3.77. The number of carbonyl (C=O) groups is 1. The Kier molecular flexibility index (Phi) is 5.87. The lowest BCUT2D eigenvalue weighted by atomic mass is 9.72. The van der Waals surface area contributed by atoms with E-state index in [-0.39, 0.29) is 5.91 Å². The molecule has 0 radical (unpaired) electrons. The van der Waals surface area contributed by atoms with Gasteiger partial charge in [-0.05, 0) is 30.9 Å². The summed E-state index contributed by atoms with van der Waals surface area (Å²) in [6, 6.07) is 8.25. The average Bonchev–Trinajstić information content (AvgIpc) is 2.63. The van der Waals surface area contributed by atoms with Gasteiger partial charge in [0.2, 0.25) is 5.91 Å². The molecule has 1 aromatic rings. The SMILES string of the molecule is Cc1ccccc1C1(C(=O)NCCN2CCOCC2)CCOCC1. The summed E-state index contributed by atoms with van der Waals surface area (Å²) in [5.74, 6) is 0.147. The lowest BCUT2D eigenvalue weighted by molar-refractivity contribution is -0.130. The molecule has 0 bridgehead atoms. The van der Waals surface area contributed by atoms with Gasteiger partial charge in [0, 0.05) is 39.4 Å². The molecule has 0 aliphatic carbocycles. The molecule has 0 aromatic heterocycles. The average molecular weight is 332 g/mol. The van der Waals surface area contributed by atoms with Gasteiger partial charge in [-0.3, -0.25) is 9.69 Å². The molecule has 5 heteroatoms. The molecule has 2 fully saturated rings. The van der Waals surface area contributed by atoms with Crippen LogP contribution in [0.2, 0.25) is 0 Å². The third-order valence-corrected chi connectivity index (χ3v) is 5.26. The fraction of sp³-hybridized carbons (Fsp3) is 0.632. The van der Waals surface area contributed by atoms with Gasteiger partial charge in [0.25, 0.3) is 0 Å². The van der Waals surface area contributed by atoms with Crippen molar-refractivity contribution < 1.29 is 14.3 Å². The van der Waals surface area contributed by atoms with Crippen LogP contribution in [0.4, 0.5) is 0 Å². The molecule has 2 aliphatic rings. The van der Waals surface area contributed by atoms with Gasteiger partial charge >= 0.3 is 0 Å². The summed E-state index contributed by atoms with van der Waals surface area (Å²) < 4.78 is 10.9. The molecule has 1 N–H and O–H groups in total. The van der Waals surface area contributed by atoms with Crippen LogP contribution in [0.5, 0.6) is 0 Å². The van der Waals surface area contributed by atoms with E-state index in [9.17, 15) is 4.79 Å². The second-order valence-electron chi connectivity index (χ2n) is 6.72. The molecule has 0 atom stereocenters. The molecule has 0 spiro atoms. The first-order valence-electron chi connectivity index (χ1n) is 8.95. The van der Waals surface area contributed by atoms with E-state index in [0.717, 1.165) is 51.3 Å². The Labute approximate surface area is 144 Å². The van der Waals surface area contributed by atoms with E-state index in [2.05, 4.69) is 29.3 Å². The van der Waals surface area contributed by atoms with Crippen LogP contribution in [0.3, 0.4) is 0 Å². The summed E-state index contributed by atoms with van der Waals surface area (Å²) in [4.78, 5) is 15.4. The molecule has 2 heterocycles. The van der Waals surface area contributed by atoms with E-state index in [0.29, 0.717) is 19.8 Å². The third-order valence-electron chi connectivity index (χ3n) is 5.26. The van der Waals surface area contributed by atoms with Crippen LogP contribution in [0.1, 0.15) is 24.0 Å². The van der Waals surface area contributed by atoms with Crippen LogP contribution < -0.4 is 5.32 Å². The predicted molar refractivity (Wildman–Crippen MR) is 93.2 cm³/mol. The number of nitrogens with zero attached hydrogens (tertiary/aromatic N) is 1. The van der Waals surface area contributed by atoms with Gasteiger partial charge in [0.15, 0.2) is 0 Å². The molecular weight excluding hydrogens is 304 g/mol. The minimum atomic E-state index is -0.450. The number of hydrogen-bond acceptors (Lipinski definition) is 4. The Balaban J connectivity index is 1.67. The maximum atomic E-state index is 13.1. The van der Waals surface area contributed by atoms with Crippen LogP contribution >= 0.6 is 0 Å². The predicted octanol–water partition coefficient (Wildman–Crippen LogP) is 1.49. The highest BCUT2D eigenvalue weighted by Crippen LogP contribution is 2.36. The number of benzene rings is 1. The van der Waals surface area contributed by atoms with E-state index in [4.69, 9.17) is 9.47 Å². The first-order chi connectivity index (χ1) is 11.7. The molecule has 3 rings (SSSR count). The number of morpholine rings is 1. The molecule has 0 unspecified atom stereocenters. The zero-order valence-electron chi connectivity index (χ0n) is 14.6. The maximum absolute atomic E-state index is 13.1. The van der Waals surface area contributed by atoms with Crippen molar-refractivity contribution in [1.29, 1.82) is 0 Å². The van der Waals surface area contributed by atoms with Gasteiger partial charge in [-0.15, -0.1) is 0 Å². The van der Waals surface area contributed by atoms with Gasteiger partial charge in [-0.2, -0.15) is 0 Å². The van der Waals surface area contributed by atoms with Crippen LogP contribution in [-0.2, 0) is 19.7 Å². The van der Waals surface area contributed by atoms with Crippen LogP contribution in [0, 0.1) is 6.92 Å². The lowest BCUT2D eigenvalue weighted by Crippen LogP contribution is -2.50. The van der Waals surface area contributed by atoms with Gasteiger partial charge < -0.3 is 14.8 Å². The monoisotopic (exact) mass is 332 g/mol. The summed E-state index contributed by atoms with van der Waals surface area (Å²) in [5.41, 5.74) is 1.88. The lowest BCUT2D eigenvalue weighted by Gasteiger charge is -2.37. The van der Waals surface area contributed by atoms with E-state index in [1.54, 1.807) is 0 Å². The van der Waals surface area contributed by atoms with Crippen LogP contribution in [0.25, 0.3) is 0 Å². The number of ether oxygens (including phenoxy) is 2. The second kappa shape index (κ2) is 8.10. The standard InChI is InChI=1S/C19H28N2O3/c1-16-4-2-3-5-17(16)19(6-12-23-13-7-19)18(22)20-8-9-21-10-14-24-15-11-21/h2-5H,6-15H2,1H3,(H,20,22). The molecular formula is C19H28N2O3. The second-order valence-corrected chi connectivity index (χ2v) is 6.72. The molecule has 2 aliphatic heterocycles. The summed E-state index contributed by atoms with van der Waals surface area (Å²) in [7, 11) is 0. The highest BCUT2D eigenvalue weighted by Gasteiger charge is 2.42. The number of carbonyl (C=O) groups excluding carboxylic acids is 1. The quantitative estimate of drug-likeness (QED) is 0.888. The number of rotatable bonds is 5. The number of nitrogens with one attached hydrogen (secondary N) is 1. The molecule has 0 saturated carbocycles. The third kappa shape index (κ3) is 3.79. The van der Waals surface area contributed by atoms with Gasteiger partial charge in [-0.1, -0.05) is 24.3 Å². The number of hydrogen-bond donors (Lipinski definition) is 1. The van der Waals surface area contributed by atoms with Crippen molar-refractivity contribution in [3.63, 3.8) is 0 Å². The van der Waals surface area contributed by atoms with Crippen molar-refractivity contribution in [1.82, 2.24) is 10.2 Å². The summed E-state index contributed by atoms with van der Waals surface area (Å²) in [6.45, 7) is 8.43. The molecule has 2 saturated heterocycles. The summed E-state index contributed by atoms with van der Waals surface area (Å²) in [6.07, 6.45) is 1.50. The molecule has 5 nitrogen and oxygen atoms in total. The Morgan fingerprint density at radius 2 is 1.79 bits per heavy atom. The highest BCUT2D eigenvalue weighted by molar-refractivity contribution is 5.88. The minimum Gasteiger partial charge on any atom is -0.381 e. The minimum absolute atomic E-state index is 0.147. The molecule has 1 amide bonds. The first-order valence-corrected chi connectivity index (χ1v) is 8.95. The van der Waals surface area contributed by atoms with Crippen LogP contribution in [0.15, 0.2) is 24.3 Å². The van der Waals surface area contributed by atoms with Crippen molar-refractivity contribution in [2.75, 3.05) is 52.6 Å². The molecule has 1 aromatic carbocycles. The Morgan fingerprint density at radius 1 is 1.12 bits per heavy atom. The summed E-state index contributed by atoms with van der Waals surface area (Å²) in [5, 5.41) is 3.19. The van der Waals surface area contributed by atoms with Gasteiger partial charge in [0.05, 0.1) is 18.6 Å². The number of aryl methyl sites for hydroxylation is 1. The largest absolute Gasteiger partial charge is 0.381 e. The maximum Gasteiger partial charge on any atom is 0.230 e. The van der Waals surface area contributed by atoms with Crippen molar-refractivity contribution in [3.05, 3.63) is 35.4 Å².